The van der Waals surface area contributed by atoms with Crippen molar-refractivity contribution in [1.29, 1.82) is 0 Å². The van der Waals surface area contributed by atoms with Crippen molar-refractivity contribution in [2.45, 2.75) is 17.9 Å². The Morgan fingerprint density at radius 3 is 2.56 bits per heavy atom. The van der Waals surface area contributed by atoms with Crippen LogP contribution in [0.2, 0.25) is 0 Å². The summed E-state index contributed by atoms with van der Waals surface area (Å²) in [4.78, 5) is 0.285. The molecule has 0 unspecified atom stereocenters. The molecule has 1 aliphatic heterocycles. The standard InChI is InChI=1S/C19H18N2O2S.ClH/c22-24(23,17-9-8-14-4-1-2-5-15(14)12-17)21-19-7-3-6-16-13-20-11-10-18(16)19;/h1-9,12,20-21H,10-11,13H2;1H. The van der Waals surface area contributed by atoms with Crippen molar-refractivity contribution in [3.8, 4) is 0 Å². The van der Waals surface area contributed by atoms with Crippen LogP contribution in [0.1, 0.15) is 11.1 Å². The number of nitrogens with one attached hydrogen (secondary N) is 2. The van der Waals surface area contributed by atoms with Gasteiger partial charge in [0, 0.05) is 6.54 Å². The molecule has 0 radical (unpaired) electrons. The summed E-state index contributed by atoms with van der Waals surface area (Å²) in [6.07, 6.45) is 0.825. The topological polar surface area (TPSA) is 58.2 Å². The van der Waals surface area contributed by atoms with E-state index < -0.39 is 10.0 Å². The third-order valence-electron chi connectivity index (χ3n) is 4.42. The highest BCUT2D eigenvalue weighted by molar-refractivity contribution is 7.92. The summed E-state index contributed by atoms with van der Waals surface area (Å²) in [6.45, 7) is 1.64. The average Bonchev–Trinajstić information content (AvgIpc) is 2.61. The maximum absolute atomic E-state index is 12.8. The number of benzene rings is 3. The summed E-state index contributed by atoms with van der Waals surface area (Å²) in [5, 5.41) is 5.25. The fraction of sp³-hybridized carbons (Fsp3) is 0.158. The van der Waals surface area contributed by atoms with E-state index >= 15 is 0 Å². The minimum Gasteiger partial charge on any atom is -0.312 e. The zero-order valence-corrected chi connectivity index (χ0v) is 15.2. The lowest BCUT2D eigenvalue weighted by atomic mass is 9.99. The Hall–Kier alpha value is -2.08. The van der Waals surface area contributed by atoms with E-state index in [1.54, 1.807) is 12.1 Å². The molecule has 1 heterocycles. The normalized spacial score (nSPS) is 13.8. The highest BCUT2D eigenvalue weighted by Gasteiger charge is 2.19. The minimum absolute atomic E-state index is 0. The molecule has 0 amide bonds. The summed E-state index contributed by atoms with van der Waals surface area (Å²) in [5.74, 6) is 0. The molecule has 0 atom stereocenters. The summed E-state index contributed by atoms with van der Waals surface area (Å²) in [6, 6.07) is 18.7. The molecular weight excluding hydrogens is 356 g/mol. The molecule has 25 heavy (non-hydrogen) atoms. The van der Waals surface area contributed by atoms with Crippen LogP contribution in [0.3, 0.4) is 0 Å². The van der Waals surface area contributed by atoms with Gasteiger partial charge in [-0.3, -0.25) is 4.72 Å². The van der Waals surface area contributed by atoms with Gasteiger partial charge in [-0.2, -0.15) is 0 Å². The predicted octanol–water partition coefficient (Wildman–Crippen LogP) is 3.71. The van der Waals surface area contributed by atoms with Gasteiger partial charge in [-0.25, -0.2) is 8.42 Å². The zero-order valence-electron chi connectivity index (χ0n) is 13.5. The second kappa shape index (κ2) is 7.04. The van der Waals surface area contributed by atoms with Crippen LogP contribution in [0.15, 0.2) is 65.6 Å². The van der Waals surface area contributed by atoms with Crippen molar-refractivity contribution in [2.75, 3.05) is 11.3 Å². The summed E-state index contributed by atoms with van der Waals surface area (Å²) < 4.78 is 28.4. The van der Waals surface area contributed by atoms with Gasteiger partial charge in [-0.1, -0.05) is 42.5 Å². The molecule has 0 saturated heterocycles. The predicted molar refractivity (Wildman–Crippen MR) is 104 cm³/mol. The first-order valence-electron chi connectivity index (χ1n) is 7.97. The number of rotatable bonds is 3. The molecule has 6 heteroatoms. The van der Waals surface area contributed by atoms with E-state index in [4.69, 9.17) is 0 Å². The molecule has 4 nitrogen and oxygen atoms in total. The highest BCUT2D eigenvalue weighted by atomic mass is 35.5. The van der Waals surface area contributed by atoms with E-state index in [9.17, 15) is 8.42 Å². The summed E-state index contributed by atoms with van der Waals surface area (Å²) in [7, 11) is -3.61. The fourth-order valence-corrected chi connectivity index (χ4v) is 4.29. The number of halogens is 1. The van der Waals surface area contributed by atoms with Crippen LogP contribution in [0.25, 0.3) is 10.8 Å². The Bertz CT molecular complexity index is 1020. The Kier molecular flexibility index (Phi) is 4.99. The summed E-state index contributed by atoms with van der Waals surface area (Å²) >= 11 is 0. The van der Waals surface area contributed by atoms with Crippen LogP contribution in [0.5, 0.6) is 0 Å². The third kappa shape index (κ3) is 3.49. The molecule has 130 valence electrons. The van der Waals surface area contributed by atoms with Crippen LogP contribution in [0, 0.1) is 0 Å². The summed E-state index contributed by atoms with van der Waals surface area (Å²) in [5.41, 5.74) is 2.92. The Balaban J connectivity index is 0.00000182. The molecule has 0 aliphatic carbocycles. The molecule has 0 saturated carbocycles. The number of hydrogen-bond acceptors (Lipinski definition) is 3. The quantitative estimate of drug-likeness (QED) is 0.734. The second-order valence-corrected chi connectivity index (χ2v) is 7.67. The van der Waals surface area contributed by atoms with E-state index in [0.29, 0.717) is 5.69 Å². The van der Waals surface area contributed by atoms with Gasteiger partial charge in [0.05, 0.1) is 10.6 Å². The van der Waals surface area contributed by atoms with Crippen LogP contribution >= 0.6 is 12.4 Å². The molecule has 4 rings (SSSR count). The maximum Gasteiger partial charge on any atom is 0.261 e. The van der Waals surface area contributed by atoms with Gasteiger partial charge in [0.1, 0.15) is 0 Å². The van der Waals surface area contributed by atoms with Crippen LogP contribution in [-0.4, -0.2) is 15.0 Å². The van der Waals surface area contributed by atoms with Crippen LogP contribution < -0.4 is 10.0 Å². The van der Waals surface area contributed by atoms with E-state index in [1.165, 1.54) is 0 Å². The Morgan fingerprint density at radius 2 is 1.72 bits per heavy atom. The van der Waals surface area contributed by atoms with E-state index in [1.807, 2.05) is 48.5 Å². The van der Waals surface area contributed by atoms with Crippen molar-refractivity contribution < 1.29 is 8.42 Å². The number of anilines is 1. The lowest BCUT2D eigenvalue weighted by Gasteiger charge is -2.21. The molecule has 0 spiro atoms. The molecule has 3 aromatic carbocycles. The minimum atomic E-state index is -3.61. The third-order valence-corrected chi connectivity index (χ3v) is 5.78. The molecule has 1 aliphatic rings. The van der Waals surface area contributed by atoms with Crippen LogP contribution in [0.4, 0.5) is 5.69 Å². The molecule has 0 fully saturated rings. The first kappa shape index (κ1) is 17.7. The first-order valence-corrected chi connectivity index (χ1v) is 9.45. The van der Waals surface area contributed by atoms with E-state index in [2.05, 4.69) is 10.0 Å². The van der Waals surface area contributed by atoms with Gasteiger partial charge in [0.15, 0.2) is 0 Å². The molecule has 0 bridgehead atoms. The van der Waals surface area contributed by atoms with Crippen molar-refractivity contribution in [3.63, 3.8) is 0 Å². The first-order chi connectivity index (χ1) is 11.6. The lowest BCUT2D eigenvalue weighted by molar-refractivity contribution is 0.601. The zero-order chi connectivity index (χ0) is 16.6. The van der Waals surface area contributed by atoms with E-state index in [0.717, 1.165) is 41.4 Å². The van der Waals surface area contributed by atoms with Gasteiger partial charge in [0.2, 0.25) is 0 Å². The Labute approximate surface area is 153 Å². The van der Waals surface area contributed by atoms with Crippen molar-refractivity contribution in [1.82, 2.24) is 5.32 Å². The Morgan fingerprint density at radius 1 is 0.920 bits per heavy atom. The van der Waals surface area contributed by atoms with Gasteiger partial charge >= 0.3 is 0 Å². The monoisotopic (exact) mass is 374 g/mol. The van der Waals surface area contributed by atoms with Crippen molar-refractivity contribution in [3.05, 3.63) is 71.8 Å². The second-order valence-electron chi connectivity index (χ2n) is 5.98. The van der Waals surface area contributed by atoms with Gasteiger partial charge < -0.3 is 5.32 Å². The smallest absolute Gasteiger partial charge is 0.261 e. The average molecular weight is 375 g/mol. The highest BCUT2D eigenvalue weighted by Crippen LogP contribution is 2.26. The lowest BCUT2D eigenvalue weighted by Crippen LogP contribution is -2.25. The van der Waals surface area contributed by atoms with E-state index in [-0.39, 0.29) is 17.3 Å². The van der Waals surface area contributed by atoms with Crippen molar-refractivity contribution in [2.24, 2.45) is 0 Å². The van der Waals surface area contributed by atoms with Crippen LogP contribution in [-0.2, 0) is 23.0 Å². The van der Waals surface area contributed by atoms with Gasteiger partial charge in [0.25, 0.3) is 10.0 Å². The van der Waals surface area contributed by atoms with Crippen molar-refractivity contribution >= 4 is 38.9 Å². The molecular formula is C19H19ClN2O2S. The SMILES string of the molecule is Cl.O=S(=O)(Nc1cccc2c1CCNC2)c1ccc2ccccc2c1. The number of hydrogen-bond donors (Lipinski definition) is 2. The fourth-order valence-electron chi connectivity index (χ4n) is 3.17. The van der Waals surface area contributed by atoms with Gasteiger partial charge in [-0.15, -0.1) is 12.4 Å². The molecule has 0 aromatic heterocycles. The maximum atomic E-state index is 12.8. The van der Waals surface area contributed by atoms with Gasteiger partial charge in [-0.05, 0) is 53.1 Å². The molecule has 3 aromatic rings. The largest absolute Gasteiger partial charge is 0.312 e. The number of sulfonamides is 1. The molecule has 2 N–H and O–H groups in total. The number of fused-ring (bicyclic) bond motifs is 2.